The molecule has 0 atom stereocenters. The van der Waals surface area contributed by atoms with Gasteiger partial charge in [0.1, 0.15) is 5.03 Å². The minimum Gasteiger partial charge on any atom is -0.294 e. The van der Waals surface area contributed by atoms with Crippen molar-refractivity contribution in [2.75, 3.05) is 6.26 Å². The molecule has 0 aromatic carbocycles. The molecule has 0 unspecified atom stereocenters. The predicted molar refractivity (Wildman–Crippen MR) is 60.0 cm³/mol. The fraction of sp³-hybridized carbons (Fsp3) is 0.600. The monoisotopic (exact) mass is 212 g/mol. The van der Waals surface area contributed by atoms with Crippen molar-refractivity contribution in [3.05, 3.63) is 22.2 Å². The Morgan fingerprint density at radius 1 is 1.43 bits per heavy atom. The van der Waals surface area contributed by atoms with E-state index in [-0.39, 0.29) is 11.2 Å². The molecule has 0 bridgehead atoms. The lowest BCUT2D eigenvalue weighted by Crippen LogP contribution is -2.35. The number of thioether (sulfide) groups is 1. The van der Waals surface area contributed by atoms with Crippen LogP contribution in [-0.2, 0) is 5.54 Å². The average Bonchev–Trinajstić information content (AvgIpc) is 2.06. The lowest BCUT2D eigenvalue weighted by molar-refractivity contribution is 0.373. The van der Waals surface area contributed by atoms with Gasteiger partial charge in [-0.2, -0.15) is 4.98 Å². The second-order valence-corrected chi connectivity index (χ2v) is 5.05. The van der Waals surface area contributed by atoms with E-state index in [0.29, 0.717) is 0 Å². The molecule has 3 nitrogen and oxygen atoms in total. The van der Waals surface area contributed by atoms with E-state index in [9.17, 15) is 4.79 Å². The van der Waals surface area contributed by atoms with Gasteiger partial charge in [0, 0.05) is 11.7 Å². The number of hydrogen-bond donors (Lipinski definition) is 0. The van der Waals surface area contributed by atoms with Gasteiger partial charge in [0.25, 0.3) is 0 Å². The summed E-state index contributed by atoms with van der Waals surface area (Å²) in [5, 5.41) is 0.815. The first-order valence-electron chi connectivity index (χ1n) is 4.51. The molecule has 0 aliphatic heterocycles. The standard InChI is InChI=1S/C10H16N2OS/c1-7-6-12(10(2,3)4)9(13)11-8(7)14-5/h6H,1-5H3. The van der Waals surface area contributed by atoms with Crippen molar-refractivity contribution in [3.8, 4) is 0 Å². The molecule has 0 fully saturated rings. The molecule has 0 aliphatic carbocycles. The molecule has 1 heterocycles. The second-order valence-electron chi connectivity index (χ2n) is 4.26. The highest BCUT2D eigenvalue weighted by molar-refractivity contribution is 7.98. The fourth-order valence-corrected chi connectivity index (χ4v) is 1.76. The van der Waals surface area contributed by atoms with E-state index < -0.39 is 0 Å². The molecule has 1 aromatic rings. The van der Waals surface area contributed by atoms with Crippen LogP contribution in [0, 0.1) is 6.92 Å². The Morgan fingerprint density at radius 2 is 2.00 bits per heavy atom. The molecule has 0 aliphatic rings. The summed E-state index contributed by atoms with van der Waals surface area (Å²) in [7, 11) is 0. The first-order valence-corrected chi connectivity index (χ1v) is 5.73. The van der Waals surface area contributed by atoms with Crippen molar-refractivity contribution in [3.63, 3.8) is 0 Å². The zero-order chi connectivity index (χ0) is 10.9. The van der Waals surface area contributed by atoms with Crippen molar-refractivity contribution in [1.82, 2.24) is 9.55 Å². The molecule has 0 amide bonds. The van der Waals surface area contributed by atoms with Gasteiger partial charge < -0.3 is 0 Å². The third kappa shape index (κ3) is 2.18. The van der Waals surface area contributed by atoms with Crippen LogP contribution in [0.25, 0.3) is 0 Å². The van der Waals surface area contributed by atoms with E-state index in [1.807, 2.05) is 40.1 Å². The first-order chi connectivity index (χ1) is 6.36. The molecule has 0 N–H and O–H groups in total. The topological polar surface area (TPSA) is 34.9 Å². The number of hydrogen-bond acceptors (Lipinski definition) is 3. The highest BCUT2D eigenvalue weighted by Gasteiger charge is 2.16. The molecule has 78 valence electrons. The summed E-state index contributed by atoms with van der Waals surface area (Å²) in [6, 6.07) is 0. The summed E-state index contributed by atoms with van der Waals surface area (Å²) in [5.74, 6) is 0. The highest BCUT2D eigenvalue weighted by Crippen LogP contribution is 2.17. The number of rotatable bonds is 1. The highest BCUT2D eigenvalue weighted by atomic mass is 32.2. The van der Waals surface area contributed by atoms with Gasteiger partial charge in [0.05, 0.1) is 0 Å². The Balaban J connectivity index is 3.37. The Kier molecular flexibility index (Phi) is 3.04. The summed E-state index contributed by atoms with van der Waals surface area (Å²) in [5.41, 5.74) is 0.672. The molecule has 4 heteroatoms. The van der Waals surface area contributed by atoms with Gasteiger partial charge in [-0.05, 0) is 39.5 Å². The SMILES string of the molecule is CSc1nc(=O)n(C(C)(C)C)cc1C. The second kappa shape index (κ2) is 3.77. The van der Waals surface area contributed by atoms with E-state index in [1.54, 1.807) is 4.57 Å². The molecular formula is C10H16N2OS. The molecule has 14 heavy (non-hydrogen) atoms. The Hall–Kier alpha value is -0.770. The van der Waals surface area contributed by atoms with Crippen molar-refractivity contribution in [2.45, 2.75) is 38.3 Å². The summed E-state index contributed by atoms with van der Waals surface area (Å²) in [4.78, 5) is 15.7. The Bertz CT molecular complexity index is 390. The largest absolute Gasteiger partial charge is 0.349 e. The van der Waals surface area contributed by atoms with E-state index in [4.69, 9.17) is 0 Å². The minimum absolute atomic E-state index is 0.174. The average molecular weight is 212 g/mol. The first kappa shape index (κ1) is 11.3. The third-order valence-corrected chi connectivity index (χ3v) is 2.78. The van der Waals surface area contributed by atoms with Crippen molar-refractivity contribution in [2.24, 2.45) is 0 Å². The van der Waals surface area contributed by atoms with Gasteiger partial charge >= 0.3 is 5.69 Å². The zero-order valence-electron chi connectivity index (χ0n) is 9.29. The van der Waals surface area contributed by atoms with Crippen LogP contribution in [0.1, 0.15) is 26.3 Å². The van der Waals surface area contributed by atoms with Gasteiger partial charge in [-0.3, -0.25) is 4.57 Å². The van der Waals surface area contributed by atoms with Gasteiger partial charge in [-0.1, -0.05) is 0 Å². The summed E-state index contributed by atoms with van der Waals surface area (Å²) in [6.45, 7) is 7.96. The zero-order valence-corrected chi connectivity index (χ0v) is 10.1. The minimum atomic E-state index is -0.203. The lowest BCUT2D eigenvalue weighted by Gasteiger charge is -2.22. The van der Waals surface area contributed by atoms with Crippen LogP contribution in [0.3, 0.4) is 0 Å². The summed E-state index contributed by atoms with van der Waals surface area (Å²) >= 11 is 1.50. The maximum Gasteiger partial charge on any atom is 0.349 e. The smallest absolute Gasteiger partial charge is 0.294 e. The Labute approximate surface area is 88.6 Å². The number of nitrogens with zero attached hydrogens (tertiary/aromatic N) is 2. The molecule has 1 aromatic heterocycles. The van der Waals surface area contributed by atoms with Crippen LogP contribution >= 0.6 is 11.8 Å². The Morgan fingerprint density at radius 3 is 2.43 bits per heavy atom. The molecule has 0 radical (unpaired) electrons. The summed E-state index contributed by atoms with van der Waals surface area (Å²) in [6.07, 6.45) is 3.80. The third-order valence-electron chi connectivity index (χ3n) is 1.98. The van der Waals surface area contributed by atoms with Gasteiger partial charge in [-0.25, -0.2) is 4.79 Å². The van der Waals surface area contributed by atoms with Crippen LogP contribution in [0.5, 0.6) is 0 Å². The van der Waals surface area contributed by atoms with Crippen LogP contribution in [0.15, 0.2) is 16.0 Å². The van der Waals surface area contributed by atoms with E-state index >= 15 is 0 Å². The van der Waals surface area contributed by atoms with Crippen molar-refractivity contribution in [1.29, 1.82) is 0 Å². The molecular weight excluding hydrogens is 196 g/mol. The number of aryl methyl sites for hydroxylation is 1. The number of aromatic nitrogens is 2. The maximum atomic E-state index is 11.6. The van der Waals surface area contributed by atoms with Gasteiger partial charge in [0.15, 0.2) is 0 Å². The van der Waals surface area contributed by atoms with E-state index in [0.717, 1.165) is 10.6 Å². The normalized spacial score (nSPS) is 11.8. The predicted octanol–water partition coefficient (Wildman–Crippen LogP) is 2.03. The van der Waals surface area contributed by atoms with Crippen molar-refractivity contribution >= 4 is 11.8 Å². The van der Waals surface area contributed by atoms with Gasteiger partial charge in [-0.15, -0.1) is 11.8 Å². The maximum absolute atomic E-state index is 11.6. The molecule has 0 saturated carbocycles. The van der Waals surface area contributed by atoms with Crippen LogP contribution in [-0.4, -0.2) is 15.8 Å². The molecule has 0 saturated heterocycles. The molecule has 0 spiro atoms. The lowest BCUT2D eigenvalue weighted by atomic mass is 10.1. The van der Waals surface area contributed by atoms with Crippen LogP contribution in [0.2, 0.25) is 0 Å². The van der Waals surface area contributed by atoms with Crippen LogP contribution in [0.4, 0.5) is 0 Å². The van der Waals surface area contributed by atoms with E-state index in [1.165, 1.54) is 11.8 Å². The molecule has 1 rings (SSSR count). The summed E-state index contributed by atoms with van der Waals surface area (Å²) < 4.78 is 1.67. The fourth-order valence-electron chi connectivity index (χ4n) is 1.22. The quantitative estimate of drug-likeness (QED) is 0.528. The van der Waals surface area contributed by atoms with E-state index in [2.05, 4.69) is 4.98 Å². The van der Waals surface area contributed by atoms with Crippen LogP contribution < -0.4 is 5.69 Å². The van der Waals surface area contributed by atoms with Crippen molar-refractivity contribution < 1.29 is 0 Å². The van der Waals surface area contributed by atoms with Gasteiger partial charge in [0.2, 0.25) is 0 Å².